The maximum atomic E-state index is 13.6. The summed E-state index contributed by atoms with van der Waals surface area (Å²) in [5.41, 5.74) is 1.27. The van der Waals surface area contributed by atoms with Crippen LogP contribution < -0.4 is 4.74 Å². The van der Waals surface area contributed by atoms with Gasteiger partial charge in [0.2, 0.25) is 5.91 Å². The van der Waals surface area contributed by atoms with Crippen LogP contribution in [0.5, 0.6) is 11.5 Å². The first-order valence-corrected chi connectivity index (χ1v) is 14.1. The molecule has 5 atom stereocenters. The molecule has 2 aliphatic heterocycles. The van der Waals surface area contributed by atoms with Crippen LogP contribution in [0.2, 0.25) is 10.0 Å². The topological polar surface area (TPSA) is 79.3 Å². The lowest BCUT2D eigenvalue weighted by Gasteiger charge is -2.65. The quantitative estimate of drug-likeness (QED) is 0.401. The van der Waals surface area contributed by atoms with E-state index in [4.69, 9.17) is 32.7 Å². The number of hydrogen-bond acceptors (Lipinski definition) is 6. The maximum absolute atomic E-state index is 13.6. The first-order chi connectivity index (χ1) is 18.6. The van der Waals surface area contributed by atoms with Gasteiger partial charge in [0.1, 0.15) is 11.7 Å². The number of aromatic hydroxyl groups is 1. The van der Waals surface area contributed by atoms with Crippen molar-refractivity contribution in [1.82, 2.24) is 9.80 Å². The van der Waals surface area contributed by atoms with Crippen LogP contribution in [0.3, 0.4) is 0 Å². The Morgan fingerprint density at radius 2 is 2.05 bits per heavy atom. The van der Waals surface area contributed by atoms with E-state index in [-0.39, 0.29) is 36.1 Å². The number of rotatable bonds is 6. The third-order valence-electron chi connectivity index (χ3n) is 9.42. The molecule has 2 fully saturated rings. The zero-order chi connectivity index (χ0) is 27.7. The third kappa shape index (κ3) is 3.73. The lowest BCUT2D eigenvalue weighted by molar-refractivity contribution is -0.222. The first-order valence-electron chi connectivity index (χ1n) is 13.4. The molecule has 206 valence electrons. The van der Waals surface area contributed by atoms with Crippen LogP contribution >= 0.6 is 23.2 Å². The molecule has 1 N–H and O–H groups in total. The second kappa shape index (κ2) is 9.43. The van der Waals surface area contributed by atoms with Gasteiger partial charge in [0.15, 0.2) is 11.5 Å². The van der Waals surface area contributed by atoms with Gasteiger partial charge in [0.05, 0.1) is 34.0 Å². The maximum Gasteiger partial charge on any atom is 0.303 e. The van der Waals surface area contributed by atoms with Crippen LogP contribution in [0, 0.1) is 0 Å². The fraction of sp³-hybridized carbons (Fsp3) is 0.467. The number of piperidine rings is 1. The zero-order valence-corrected chi connectivity index (χ0v) is 23.6. The summed E-state index contributed by atoms with van der Waals surface area (Å²) in [4.78, 5) is 30.4. The van der Waals surface area contributed by atoms with Crippen molar-refractivity contribution in [3.63, 3.8) is 0 Å². The Morgan fingerprint density at radius 1 is 1.26 bits per heavy atom. The van der Waals surface area contributed by atoms with Crippen LogP contribution in [0.1, 0.15) is 42.9 Å². The Bertz CT molecular complexity index is 1380. The number of halogens is 2. The smallest absolute Gasteiger partial charge is 0.303 e. The number of likely N-dealkylation sites (N-methyl/N-ethyl adjacent to an activating group) is 1. The summed E-state index contributed by atoms with van der Waals surface area (Å²) in [5.74, 6) is 0.125. The fourth-order valence-corrected chi connectivity index (χ4v) is 8.27. The minimum atomic E-state index is -0.846. The van der Waals surface area contributed by atoms with E-state index in [0.717, 1.165) is 23.2 Å². The van der Waals surface area contributed by atoms with Gasteiger partial charge in [-0.3, -0.25) is 14.5 Å². The number of esters is 1. The van der Waals surface area contributed by atoms with Gasteiger partial charge in [0, 0.05) is 32.6 Å². The predicted molar refractivity (Wildman–Crippen MR) is 149 cm³/mol. The normalized spacial score (nSPS) is 30.2. The van der Waals surface area contributed by atoms with Crippen molar-refractivity contribution in [2.45, 2.75) is 68.2 Å². The molecular weight excluding hydrogens is 539 g/mol. The number of likely N-dealkylation sites (tertiary alicyclic amines) is 1. The SMILES string of the molecule is C=CCN1CC[C@]23c4c5ccc(O)c4O[C@H]2[C@@H](N(C)C(=O)Cc2ccc(Cl)c(Cl)c2)CC[C@@]3(OC(C)=O)[C@H]1C5. The number of phenolic OH excluding ortho intramolecular Hbond substituents is 1. The zero-order valence-electron chi connectivity index (χ0n) is 22.1. The van der Waals surface area contributed by atoms with Crippen molar-refractivity contribution < 1.29 is 24.2 Å². The van der Waals surface area contributed by atoms with Crippen LogP contribution in [-0.2, 0) is 32.6 Å². The van der Waals surface area contributed by atoms with Crippen LogP contribution in [0.4, 0.5) is 0 Å². The predicted octanol–water partition coefficient (Wildman–Crippen LogP) is 4.68. The Morgan fingerprint density at radius 3 is 2.77 bits per heavy atom. The molecular formula is C30H32Cl2N2O5. The molecule has 1 saturated carbocycles. The molecule has 1 spiro atoms. The van der Waals surface area contributed by atoms with Gasteiger partial charge < -0.3 is 19.5 Å². The molecule has 2 bridgehead atoms. The Balaban J connectivity index is 1.43. The molecule has 2 aliphatic carbocycles. The molecule has 1 saturated heterocycles. The number of benzene rings is 2. The van der Waals surface area contributed by atoms with Crippen molar-refractivity contribution in [3.8, 4) is 11.5 Å². The number of amides is 1. The van der Waals surface area contributed by atoms with Crippen molar-refractivity contribution in [1.29, 1.82) is 0 Å². The average Bonchev–Trinajstić information content (AvgIpc) is 3.24. The van der Waals surface area contributed by atoms with Gasteiger partial charge in [-0.05, 0) is 55.0 Å². The highest BCUT2D eigenvalue weighted by Gasteiger charge is 2.75. The number of hydrogen-bond donors (Lipinski definition) is 1. The lowest BCUT2D eigenvalue weighted by Crippen LogP contribution is -2.79. The lowest BCUT2D eigenvalue weighted by atomic mass is 9.48. The van der Waals surface area contributed by atoms with Gasteiger partial charge in [-0.1, -0.05) is 41.4 Å². The van der Waals surface area contributed by atoms with Gasteiger partial charge in [-0.15, -0.1) is 6.58 Å². The molecule has 2 heterocycles. The van der Waals surface area contributed by atoms with Crippen LogP contribution in [0.25, 0.3) is 0 Å². The number of carbonyl (C=O) groups is 2. The molecule has 9 heteroatoms. The van der Waals surface area contributed by atoms with Gasteiger partial charge in [-0.2, -0.15) is 0 Å². The summed E-state index contributed by atoms with van der Waals surface area (Å²) < 4.78 is 13.1. The molecule has 2 aromatic rings. The van der Waals surface area contributed by atoms with Crippen molar-refractivity contribution in [2.24, 2.45) is 0 Å². The molecule has 39 heavy (non-hydrogen) atoms. The number of carbonyl (C=O) groups excluding carboxylic acids is 2. The third-order valence-corrected chi connectivity index (χ3v) is 10.2. The minimum Gasteiger partial charge on any atom is -0.504 e. The second-order valence-electron chi connectivity index (χ2n) is 11.2. The molecule has 7 nitrogen and oxygen atoms in total. The van der Waals surface area contributed by atoms with E-state index in [9.17, 15) is 14.7 Å². The van der Waals surface area contributed by atoms with Crippen molar-refractivity contribution in [3.05, 3.63) is 69.7 Å². The highest BCUT2D eigenvalue weighted by molar-refractivity contribution is 6.42. The summed E-state index contributed by atoms with van der Waals surface area (Å²) in [6.45, 7) is 6.87. The monoisotopic (exact) mass is 570 g/mol. The summed E-state index contributed by atoms with van der Waals surface area (Å²) in [5, 5.41) is 11.8. The Labute approximate surface area is 238 Å². The summed E-state index contributed by atoms with van der Waals surface area (Å²) in [7, 11) is 1.81. The van der Waals surface area contributed by atoms with Gasteiger partial charge >= 0.3 is 5.97 Å². The van der Waals surface area contributed by atoms with E-state index in [0.29, 0.717) is 48.0 Å². The van der Waals surface area contributed by atoms with E-state index < -0.39 is 17.1 Å². The van der Waals surface area contributed by atoms with E-state index in [2.05, 4.69) is 11.5 Å². The average molecular weight is 572 g/mol. The molecule has 6 rings (SSSR count). The number of nitrogens with zero attached hydrogens (tertiary/aromatic N) is 2. The highest BCUT2D eigenvalue weighted by Crippen LogP contribution is 2.67. The van der Waals surface area contributed by atoms with E-state index in [1.807, 2.05) is 12.1 Å². The van der Waals surface area contributed by atoms with Crippen molar-refractivity contribution >= 4 is 35.1 Å². The van der Waals surface area contributed by atoms with Gasteiger partial charge in [-0.25, -0.2) is 0 Å². The molecule has 4 aliphatic rings. The molecule has 0 unspecified atom stereocenters. The summed E-state index contributed by atoms with van der Waals surface area (Å²) >= 11 is 12.3. The van der Waals surface area contributed by atoms with Crippen LogP contribution in [0.15, 0.2) is 43.0 Å². The summed E-state index contributed by atoms with van der Waals surface area (Å²) in [6.07, 6.45) is 4.09. The van der Waals surface area contributed by atoms with E-state index in [1.54, 1.807) is 36.2 Å². The Hall–Kier alpha value is -2.74. The molecule has 0 radical (unpaired) electrons. The van der Waals surface area contributed by atoms with Crippen molar-refractivity contribution in [2.75, 3.05) is 20.1 Å². The standard InChI is InChI=1S/C30H32Cl2N2O5/c1-4-12-34-13-11-29-26-19-6-8-23(36)27(26)38-28(29)22(9-10-30(29,24(34)16-19)39-17(2)35)33(3)25(37)15-18-5-7-20(31)21(32)14-18/h4-8,14,22,24,28,36H,1,9-13,15-16H2,2-3H3/t22-,24+,28-,29-,30+/m0/s1. The molecule has 1 amide bonds. The summed E-state index contributed by atoms with van der Waals surface area (Å²) in [6, 6.07) is 8.51. The van der Waals surface area contributed by atoms with E-state index >= 15 is 0 Å². The number of ether oxygens (including phenoxy) is 2. The first kappa shape index (κ1) is 26.5. The molecule has 2 aromatic carbocycles. The Kier molecular flexibility index (Phi) is 6.40. The van der Waals surface area contributed by atoms with E-state index in [1.165, 1.54) is 6.92 Å². The second-order valence-corrected chi connectivity index (χ2v) is 12.0. The van der Waals surface area contributed by atoms with Crippen LogP contribution in [-0.4, -0.2) is 70.7 Å². The number of phenols is 1. The van der Waals surface area contributed by atoms with Gasteiger partial charge in [0.25, 0.3) is 0 Å². The highest BCUT2D eigenvalue weighted by atomic mass is 35.5. The largest absolute Gasteiger partial charge is 0.504 e. The molecule has 0 aromatic heterocycles. The minimum absolute atomic E-state index is 0.0691. The fourth-order valence-electron chi connectivity index (χ4n) is 7.95.